The second-order valence-electron chi connectivity index (χ2n) is 5.49. The molecule has 0 radical (unpaired) electrons. The molecule has 6 nitrogen and oxygen atoms in total. The van der Waals surface area contributed by atoms with Crippen molar-refractivity contribution < 1.29 is 4.74 Å². The van der Waals surface area contributed by atoms with Gasteiger partial charge >= 0.3 is 0 Å². The van der Waals surface area contributed by atoms with Gasteiger partial charge in [0.15, 0.2) is 5.82 Å². The Bertz CT molecular complexity index is 586. The third-order valence-electron chi connectivity index (χ3n) is 4.10. The van der Waals surface area contributed by atoms with E-state index in [1.807, 2.05) is 11.4 Å². The predicted molar refractivity (Wildman–Crippen MR) is 84.8 cm³/mol. The smallest absolute Gasteiger partial charge is 0.245 e. The summed E-state index contributed by atoms with van der Waals surface area (Å²) in [7, 11) is 1.67. The number of anilines is 1. The van der Waals surface area contributed by atoms with Crippen molar-refractivity contribution in [2.24, 2.45) is 11.7 Å². The van der Waals surface area contributed by atoms with Crippen molar-refractivity contribution in [2.45, 2.75) is 25.8 Å². The molecule has 1 unspecified atom stereocenters. The zero-order valence-corrected chi connectivity index (χ0v) is 13.2. The van der Waals surface area contributed by atoms with E-state index in [0.717, 1.165) is 48.3 Å². The van der Waals surface area contributed by atoms with E-state index in [1.54, 1.807) is 18.4 Å². The average Bonchev–Trinajstić information content (AvgIpc) is 3.15. The standard InChI is InChI=1S/C14H21N5OS/c1-9(15)10-3-6-19(7-4-10)14-16-13(17-18-14)12-11(20-2)5-8-21-12/h5,8-10H,3-4,6-7,15H2,1-2H3,(H,16,17,18). The lowest BCUT2D eigenvalue weighted by Gasteiger charge is -2.32. The number of nitrogens with zero attached hydrogens (tertiary/aromatic N) is 3. The topological polar surface area (TPSA) is 80.1 Å². The molecular formula is C14H21N5OS. The molecule has 7 heteroatoms. The second kappa shape index (κ2) is 6.03. The van der Waals surface area contributed by atoms with Gasteiger partial charge in [-0.25, -0.2) is 0 Å². The van der Waals surface area contributed by atoms with Crippen LogP contribution in [0.25, 0.3) is 10.7 Å². The molecule has 0 bridgehead atoms. The largest absolute Gasteiger partial charge is 0.495 e. The van der Waals surface area contributed by atoms with Crippen molar-refractivity contribution in [3.63, 3.8) is 0 Å². The number of piperidine rings is 1. The van der Waals surface area contributed by atoms with Gasteiger partial charge in [-0.15, -0.1) is 16.4 Å². The van der Waals surface area contributed by atoms with Crippen molar-refractivity contribution in [2.75, 3.05) is 25.1 Å². The normalized spacial score (nSPS) is 18.0. The number of nitrogens with two attached hydrogens (primary N) is 1. The van der Waals surface area contributed by atoms with Gasteiger partial charge in [-0.1, -0.05) is 0 Å². The second-order valence-corrected chi connectivity index (χ2v) is 6.40. The first kappa shape index (κ1) is 14.3. The molecule has 21 heavy (non-hydrogen) atoms. The molecule has 0 aromatic carbocycles. The van der Waals surface area contributed by atoms with Crippen LogP contribution < -0.4 is 15.4 Å². The summed E-state index contributed by atoms with van der Waals surface area (Å²) in [6, 6.07) is 2.21. The van der Waals surface area contributed by atoms with Gasteiger partial charge in [-0.3, -0.25) is 5.10 Å². The summed E-state index contributed by atoms with van der Waals surface area (Å²) in [5.74, 6) is 2.98. The van der Waals surface area contributed by atoms with Crippen LogP contribution in [-0.2, 0) is 0 Å². The zero-order chi connectivity index (χ0) is 14.8. The average molecular weight is 307 g/mol. The summed E-state index contributed by atoms with van der Waals surface area (Å²) in [6.07, 6.45) is 2.20. The van der Waals surface area contributed by atoms with Gasteiger partial charge in [0.1, 0.15) is 10.6 Å². The van der Waals surface area contributed by atoms with Crippen molar-refractivity contribution in [3.8, 4) is 16.5 Å². The van der Waals surface area contributed by atoms with Crippen LogP contribution in [0.3, 0.4) is 0 Å². The number of ether oxygens (including phenoxy) is 1. The highest BCUT2D eigenvalue weighted by atomic mass is 32.1. The number of thiophene rings is 1. The van der Waals surface area contributed by atoms with E-state index in [2.05, 4.69) is 27.0 Å². The van der Waals surface area contributed by atoms with Gasteiger partial charge in [0.25, 0.3) is 0 Å². The fourth-order valence-corrected chi connectivity index (χ4v) is 3.55. The Morgan fingerprint density at radius 2 is 2.24 bits per heavy atom. The first-order chi connectivity index (χ1) is 10.2. The van der Waals surface area contributed by atoms with E-state index in [9.17, 15) is 0 Å². The Labute approximate surface area is 128 Å². The molecular weight excluding hydrogens is 286 g/mol. The third-order valence-corrected chi connectivity index (χ3v) is 5.01. The third kappa shape index (κ3) is 2.89. The number of methoxy groups -OCH3 is 1. The Morgan fingerprint density at radius 1 is 1.48 bits per heavy atom. The molecule has 1 aliphatic rings. The summed E-state index contributed by atoms with van der Waals surface area (Å²) >= 11 is 1.60. The van der Waals surface area contributed by atoms with Gasteiger partial charge in [0.2, 0.25) is 5.95 Å². The lowest BCUT2D eigenvalue weighted by atomic mass is 9.91. The van der Waals surface area contributed by atoms with E-state index >= 15 is 0 Å². The Balaban J connectivity index is 1.71. The van der Waals surface area contributed by atoms with Crippen LogP contribution in [0.4, 0.5) is 5.95 Å². The maximum atomic E-state index is 5.98. The number of aromatic amines is 1. The summed E-state index contributed by atoms with van der Waals surface area (Å²) in [4.78, 5) is 7.82. The van der Waals surface area contributed by atoms with Crippen LogP contribution in [0, 0.1) is 5.92 Å². The molecule has 0 saturated carbocycles. The van der Waals surface area contributed by atoms with Crippen molar-refractivity contribution >= 4 is 17.3 Å². The number of hydrogen-bond acceptors (Lipinski definition) is 6. The molecule has 1 atom stereocenters. The molecule has 2 aromatic rings. The van der Waals surface area contributed by atoms with Crippen LogP contribution >= 0.6 is 11.3 Å². The Kier molecular flexibility index (Phi) is 4.12. The first-order valence-corrected chi connectivity index (χ1v) is 8.11. The van der Waals surface area contributed by atoms with Gasteiger partial charge in [-0.05, 0) is 37.1 Å². The van der Waals surface area contributed by atoms with E-state index in [-0.39, 0.29) is 6.04 Å². The number of nitrogens with one attached hydrogen (secondary N) is 1. The van der Waals surface area contributed by atoms with E-state index in [1.165, 1.54) is 0 Å². The molecule has 1 saturated heterocycles. The van der Waals surface area contributed by atoms with E-state index in [0.29, 0.717) is 5.92 Å². The highest BCUT2D eigenvalue weighted by Gasteiger charge is 2.24. The minimum absolute atomic E-state index is 0.269. The number of hydrogen-bond donors (Lipinski definition) is 2. The molecule has 2 aromatic heterocycles. The van der Waals surface area contributed by atoms with Crippen LogP contribution in [0.2, 0.25) is 0 Å². The predicted octanol–water partition coefficient (Wildman–Crippen LogP) is 2.11. The fourth-order valence-electron chi connectivity index (χ4n) is 2.75. The van der Waals surface area contributed by atoms with Gasteiger partial charge in [0.05, 0.1) is 7.11 Å². The van der Waals surface area contributed by atoms with E-state index in [4.69, 9.17) is 10.5 Å². The molecule has 1 fully saturated rings. The fraction of sp³-hybridized carbons (Fsp3) is 0.571. The first-order valence-electron chi connectivity index (χ1n) is 7.24. The van der Waals surface area contributed by atoms with Crippen LogP contribution in [0.1, 0.15) is 19.8 Å². The monoisotopic (exact) mass is 307 g/mol. The molecule has 114 valence electrons. The minimum Gasteiger partial charge on any atom is -0.495 e. The molecule has 3 N–H and O–H groups in total. The van der Waals surface area contributed by atoms with Crippen LogP contribution in [0.5, 0.6) is 5.75 Å². The molecule has 0 aliphatic carbocycles. The SMILES string of the molecule is COc1ccsc1-c1nc(N2CCC(C(C)N)CC2)n[nH]1. The molecule has 1 aliphatic heterocycles. The number of aromatic nitrogens is 3. The summed E-state index contributed by atoms with van der Waals surface area (Å²) in [5.41, 5.74) is 5.98. The molecule has 0 amide bonds. The molecule has 0 spiro atoms. The lowest BCUT2D eigenvalue weighted by Crippen LogP contribution is -2.40. The number of rotatable bonds is 4. The van der Waals surface area contributed by atoms with Gasteiger partial charge in [-0.2, -0.15) is 4.98 Å². The minimum atomic E-state index is 0.269. The van der Waals surface area contributed by atoms with Gasteiger partial charge in [0, 0.05) is 19.1 Å². The van der Waals surface area contributed by atoms with Crippen molar-refractivity contribution in [3.05, 3.63) is 11.4 Å². The molecule has 3 rings (SSSR count). The highest BCUT2D eigenvalue weighted by molar-refractivity contribution is 7.13. The van der Waals surface area contributed by atoms with Crippen LogP contribution in [-0.4, -0.2) is 41.4 Å². The number of H-pyrrole nitrogens is 1. The highest BCUT2D eigenvalue weighted by Crippen LogP contribution is 2.34. The van der Waals surface area contributed by atoms with Crippen LogP contribution in [0.15, 0.2) is 11.4 Å². The van der Waals surface area contributed by atoms with Gasteiger partial charge < -0.3 is 15.4 Å². The summed E-state index contributed by atoms with van der Waals surface area (Å²) in [6.45, 7) is 4.02. The Morgan fingerprint density at radius 3 is 2.90 bits per heavy atom. The zero-order valence-electron chi connectivity index (χ0n) is 12.4. The quantitative estimate of drug-likeness (QED) is 0.904. The van der Waals surface area contributed by atoms with Crippen molar-refractivity contribution in [1.82, 2.24) is 15.2 Å². The maximum Gasteiger partial charge on any atom is 0.245 e. The Hall–Kier alpha value is -1.60. The van der Waals surface area contributed by atoms with E-state index < -0.39 is 0 Å². The summed E-state index contributed by atoms with van der Waals surface area (Å²) < 4.78 is 5.33. The van der Waals surface area contributed by atoms with Crippen molar-refractivity contribution in [1.29, 1.82) is 0 Å². The lowest BCUT2D eigenvalue weighted by molar-refractivity contribution is 0.352. The molecule has 3 heterocycles. The summed E-state index contributed by atoms with van der Waals surface area (Å²) in [5, 5.41) is 9.36. The maximum absolute atomic E-state index is 5.98.